The maximum Gasteiger partial charge on any atom is 0.191 e. The van der Waals surface area contributed by atoms with Crippen molar-refractivity contribution in [1.82, 2.24) is 5.32 Å². The van der Waals surface area contributed by atoms with E-state index in [2.05, 4.69) is 5.32 Å². The highest BCUT2D eigenvalue weighted by molar-refractivity contribution is 5.27. The summed E-state index contributed by atoms with van der Waals surface area (Å²) in [5.41, 5.74) is 0. The number of nitrogens with one attached hydrogen (secondary N) is 1. The van der Waals surface area contributed by atoms with Crippen LogP contribution in [0.4, 0.5) is 13.2 Å². The fraction of sp³-hybridized carbons (Fsp3) is 0.538. The molecule has 0 spiro atoms. The highest BCUT2D eigenvalue weighted by Crippen LogP contribution is 2.26. The van der Waals surface area contributed by atoms with Gasteiger partial charge in [0.25, 0.3) is 0 Å². The summed E-state index contributed by atoms with van der Waals surface area (Å²) in [6.45, 7) is 3.51. The molecule has 1 heterocycles. The van der Waals surface area contributed by atoms with E-state index in [1.807, 2.05) is 0 Å². The first-order valence-electron chi connectivity index (χ1n) is 6.10. The van der Waals surface area contributed by atoms with E-state index in [1.54, 1.807) is 6.92 Å². The quantitative estimate of drug-likeness (QED) is 0.901. The summed E-state index contributed by atoms with van der Waals surface area (Å²) in [7, 11) is 0. The van der Waals surface area contributed by atoms with Crippen LogP contribution in [0.25, 0.3) is 0 Å². The van der Waals surface area contributed by atoms with Gasteiger partial charge in [-0.2, -0.15) is 0 Å². The first kappa shape index (κ1) is 13.2. The molecular formula is C13H16F3NO. The second kappa shape index (κ2) is 5.61. The van der Waals surface area contributed by atoms with Gasteiger partial charge in [-0.1, -0.05) is 0 Å². The summed E-state index contributed by atoms with van der Waals surface area (Å²) in [4.78, 5) is 0. The summed E-state index contributed by atoms with van der Waals surface area (Å²) < 4.78 is 44.9. The van der Waals surface area contributed by atoms with Crippen LogP contribution in [0.3, 0.4) is 0 Å². The summed E-state index contributed by atoms with van der Waals surface area (Å²) in [6, 6.07) is 1.26. The Labute approximate surface area is 104 Å². The molecule has 2 atom stereocenters. The molecule has 0 bridgehead atoms. The highest BCUT2D eigenvalue weighted by atomic mass is 19.1. The van der Waals surface area contributed by atoms with Gasteiger partial charge in [-0.3, -0.25) is 0 Å². The predicted octanol–water partition coefficient (Wildman–Crippen LogP) is 2.87. The predicted molar refractivity (Wildman–Crippen MR) is 62.0 cm³/mol. The molecule has 1 aromatic carbocycles. The Hall–Kier alpha value is -1.23. The van der Waals surface area contributed by atoms with Crippen LogP contribution in [0.15, 0.2) is 12.1 Å². The maximum atomic E-state index is 13.4. The molecule has 5 heteroatoms. The Morgan fingerprint density at radius 3 is 2.50 bits per heavy atom. The van der Waals surface area contributed by atoms with Crippen LogP contribution in [-0.4, -0.2) is 19.2 Å². The minimum Gasteiger partial charge on any atom is -0.484 e. The third-order valence-electron chi connectivity index (χ3n) is 3.27. The smallest absolute Gasteiger partial charge is 0.191 e. The van der Waals surface area contributed by atoms with Crippen molar-refractivity contribution in [2.24, 2.45) is 5.92 Å². The molecule has 1 saturated heterocycles. The summed E-state index contributed by atoms with van der Waals surface area (Å²) in [6.07, 6.45) is 1.66. The van der Waals surface area contributed by atoms with Gasteiger partial charge in [-0.05, 0) is 26.3 Å². The van der Waals surface area contributed by atoms with E-state index in [0.29, 0.717) is 12.1 Å². The van der Waals surface area contributed by atoms with Crippen LogP contribution in [0.1, 0.15) is 19.8 Å². The minimum atomic E-state index is -0.997. The molecule has 1 aliphatic rings. The third-order valence-corrected chi connectivity index (χ3v) is 3.27. The molecule has 1 N–H and O–H groups in total. The van der Waals surface area contributed by atoms with Crippen LogP contribution < -0.4 is 10.1 Å². The van der Waals surface area contributed by atoms with E-state index in [0.717, 1.165) is 25.9 Å². The van der Waals surface area contributed by atoms with Crippen molar-refractivity contribution >= 4 is 0 Å². The zero-order valence-corrected chi connectivity index (χ0v) is 10.2. The van der Waals surface area contributed by atoms with Gasteiger partial charge in [0.15, 0.2) is 17.4 Å². The SMILES string of the molecule is CC(Oc1c(F)cc(F)cc1F)C1CCCNC1. The fourth-order valence-corrected chi connectivity index (χ4v) is 2.20. The summed E-state index contributed by atoms with van der Waals surface area (Å²) in [5.74, 6) is -3.22. The number of rotatable bonds is 3. The Morgan fingerprint density at radius 2 is 1.94 bits per heavy atom. The van der Waals surface area contributed by atoms with Gasteiger partial charge in [0.1, 0.15) is 11.9 Å². The minimum absolute atomic E-state index is 0.211. The Morgan fingerprint density at radius 1 is 1.28 bits per heavy atom. The van der Waals surface area contributed by atoms with Crippen LogP contribution in [-0.2, 0) is 0 Å². The van der Waals surface area contributed by atoms with Crippen molar-refractivity contribution in [3.63, 3.8) is 0 Å². The second-order valence-corrected chi connectivity index (χ2v) is 4.63. The summed E-state index contributed by atoms with van der Waals surface area (Å²) in [5, 5.41) is 3.21. The molecule has 2 nitrogen and oxygen atoms in total. The van der Waals surface area contributed by atoms with Crippen molar-refractivity contribution in [2.75, 3.05) is 13.1 Å². The summed E-state index contributed by atoms with van der Waals surface area (Å²) >= 11 is 0. The molecule has 2 rings (SSSR count). The number of hydrogen-bond acceptors (Lipinski definition) is 2. The lowest BCUT2D eigenvalue weighted by atomic mass is 9.94. The molecule has 18 heavy (non-hydrogen) atoms. The third kappa shape index (κ3) is 2.96. The van der Waals surface area contributed by atoms with Gasteiger partial charge < -0.3 is 10.1 Å². The van der Waals surface area contributed by atoms with E-state index in [4.69, 9.17) is 4.74 Å². The van der Waals surface area contributed by atoms with Crippen molar-refractivity contribution in [2.45, 2.75) is 25.9 Å². The molecule has 0 aliphatic carbocycles. The first-order valence-corrected chi connectivity index (χ1v) is 6.10. The van der Waals surface area contributed by atoms with Gasteiger partial charge in [0.05, 0.1) is 0 Å². The van der Waals surface area contributed by atoms with E-state index >= 15 is 0 Å². The molecule has 1 aromatic rings. The van der Waals surface area contributed by atoms with Gasteiger partial charge in [0.2, 0.25) is 0 Å². The first-order chi connectivity index (χ1) is 8.58. The van der Waals surface area contributed by atoms with Gasteiger partial charge in [0, 0.05) is 24.6 Å². The molecule has 1 fully saturated rings. The van der Waals surface area contributed by atoms with E-state index < -0.39 is 23.2 Å². The van der Waals surface area contributed by atoms with Gasteiger partial charge >= 0.3 is 0 Å². The van der Waals surface area contributed by atoms with Crippen LogP contribution >= 0.6 is 0 Å². The maximum absolute atomic E-state index is 13.4. The highest BCUT2D eigenvalue weighted by Gasteiger charge is 2.24. The molecule has 2 unspecified atom stereocenters. The molecular weight excluding hydrogens is 243 g/mol. The average Bonchev–Trinajstić information content (AvgIpc) is 2.34. The number of hydrogen-bond donors (Lipinski definition) is 1. The number of piperidine rings is 1. The molecule has 100 valence electrons. The second-order valence-electron chi connectivity index (χ2n) is 4.63. The van der Waals surface area contributed by atoms with E-state index in [9.17, 15) is 13.2 Å². The number of benzene rings is 1. The van der Waals surface area contributed by atoms with Crippen LogP contribution in [0, 0.1) is 23.4 Å². The van der Waals surface area contributed by atoms with Crippen molar-refractivity contribution in [1.29, 1.82) is 0 Å². The Balaban J connectivity index is 2.08. The zero-order chi connectivity index (χ0) is 13.1. The van der Waals surface area contributed by atoms with Crippen molar-refractivity contribution in [3.05, 3.63) is 29.6 Å². The van der Waals surface area contributed by atoms with E-state index in [-0.39, 0.29) is 12.0 Å². The lowest BCUT2D eigenvalue weighted by Crippen LogP contribution is -2.38. The Bertz CT molecular complexity index is 396. The van der Waals surface area contributed by atoms with Gasteiger partial charge in [-0.15, -0.1) is 0 Å². The molecule has 0 amide bonds. The van der Waals surface area contributed by atoms with Crippen molar-refractivity contribution in [3.8, 4) is 5.75 Å². The number of ether oxygens (including phenoxy) is 1. The normalized spacial score (nSPS) is 21.7. The molecule has 0 aromatic heterocycles. The lowest BCUT2D eigenvalue weighted by Gasteiger charge is -2.28. The average molecular weight is 259 g/mol. The Kier molecular flexibility index (Phi) is 4.11. The standard InChI is InChI=1S/C13H16F3NO/c1-8(9-3-2-4-17-7-9)18-13-11(15)5-10(14)6-12(13)16/h5-6,8-9,17H,2-4,7H2,1H3. The van der Waals surface area contributed by atoms with Crippen LogP contribution in [0.2, 0.25) is 0 Å². The molecule has 1 aliphatic heterocycles. The largest absolute Gasteiger partial charge is 0.484 e. The topological polar surface area (TPSA) is 21.3 Å². The molecule has 0 saturated carbocycles. The van der Waals surface area contributed by atoms with Crippen molar-refractivity contribution < 1.29 is 17.9 Å². The monoisotopic (exact) mass is 259 g/mol. The van der Waals surface area contributed by atoms with E-state index in [1.165, 1.54) is 0 Å². The fourth-order valence-electron chi connectivity index (χ4n) is 2.20. The van der Waals surface area contributed by atoms with Gasteiger partial charge in [-0.25, -0.2) is 13.2 Å². The number of halogens is 3. The lowest BCUT2D eigenvalue weighted by molar-refractivity contribution is 0.120. The zero-order valence-electron chi connectivity index (χ0n) is 10.2. The molecule has 0 radical (unpaired) electrons. The van der Waals surface area contributed by atoms with Crippen LogP contribution in [0.5, 0.6) is 5.75 Å².